The van der Waals surface area contributed by atoms with Gasteiger partial charge in [-0.25, -0.2) is 0 Å². The number of nitrogens with one attached hydrogen (secondary N) is 10. The lowest BCUT2D eigenvalue weighted by atomic mass is 9.79. The Hall–Kier alpha value is -6.02. The summed E-state index contributed by atoms with van der Waals surface area (Å²) in [7, 11) is 0. The highest BCUT2D eigenvalue weighted by Crippen LogP contribution is 2.33. The largest absolute Gasteiger partial charge is 0.390 e. The van der Waals surface area contributed by atoms with Crippen molar-refractivity contribution < 1.29 is 130 Å². The van der Waals surface area contributed by atoms with Crippen molar-refractivity contribution in [2.75, 3.05) is 39.3 Å². The molecule has 0 aromatic rings. The van der Waals surface area contributed by atoms with Crippen LogP contribution in [0.2, 0.25) is 0 Å². The first-order valence-corrected chi connectivity index (χ1v) is 31.9. The van der Waals surface area contributed by atoms with Gasteiger partial charge in [0.25, 0.3) is 23.6 Å². The zero-order valence-corrected chi connectivity index (χ0v) is 52.7. The zero-order chi connectivity index (χ0) is 71.2. The van der Waals surface area contributed by atoms with Crippen LogP contribution >= 0.6 is 0 Å². The van der Waals surface area contributed by atoms with E-state index in [4.69, 9.17) is 11.6 Å². The summed E-state index contributed by atoms with van der Waals surface area (Å²) >= 11 is 0. The van der Waals surface area contributed by atoms with Crippen molar-refractivity contribution in [3.05, 3.63) is 0 Å². The number of aliphatic hydroxyl groups is 16. The molecule has 95 heavy (non-hydrogen) atoms. The van der Waals surface area contributed by atoms with Crippen LogP contribution in [0.3, 0.4) is 0 Å². The first-order chi connectivity index (χ1) is 44.5. The number of nitrogens with two attached hydrogens (primary N) is 2. The Morgan fingerprint density at radius 2 is 0.589 bits per heavy atom. The summed E-state index contributed by atoms with van der Waals surface area (Å²) in [5.74, 6) is -4.30. The molecule has 12 atom stereocenters. The molecule has 0 spiro atoms. The van der Waals surface area contributed by atoms with Crippen LogP contribution in [0.5, 0.6) is 0 Å². The minimum atomic E-state index is -2.59. The molecule has 4 saturated carbocycles. The van der Waals surface area contributed by atoms with Gasteiger partial charge in [-0.05, 0) is 77.0 Å². The Kier molecular flexibility index (Phi) is 32.3. The lowest BCUT2D eigenvalue weighted by Crippen LogP contribution is -2.62. The van der Waals surface area contributed by atoms with Gasteiger partial charge in [0.05, 0.1) is 55.4 Å². The molecule has 544 valence electrons. The fourth-order valence-corrected chi connectivity index (χ4v) is 11.8. The number of aliphatic hydroxyl groups excluding tert-OH is 12. The number of primary amides is 1. The molecule has 0 bridgehead atoms. The molecule has 0 heterocycles. The molecule has 4 fully saturated rings. The van der Waals surface area contributed by atoms with E-state index < -0.39 is 230 Å². The maximum absolute atomic E-state index is 14.6. The van der Waals surface area contributed by atoms with Crippen LogP contribution in [0, 0.1) is 0 Å². The first-order valence-electron chi connectivity index (χ1n) is 31.9. The van der Waals surface area contributed by atoms with Gasteiger partial charge in [-0.2, -0.15) is 0 Å². The molecule has 38 nitrogen and oxygen atoms in total. The predicted molar refractivity (Wildman–Crippen MR) is 323 cm³/mol. The van der Waals surface area contributed by atoms with Crippen LogP contribution in [-0.4, -0.2) is 300 Å². The standard InChI is InChI=1S/C57H100N12O26/c58-40(78)13-18-62-46(84)28(9-1-5-14-60-41(79)27-65-59)66-48(86)30(67-49(87)31(69-53(91)57(95)25-38(76)45(83)39(77)26-57)12-4-8-17-64-51(89)55(93)21-34(72)43(81)35(73)22-55)11-2-6-15-61-47(85)29(68-52(90)56(94)23-36(74)44(82)37(75)24-56)10-3-7-16-63-50(88)54(92)19-32(70)42(80)33(71)20-54/h28-39,42-45,65,70-77,80-83,92-95H,1-27,59H2,(H2,58,78)(H,60,79)(H,61,85)(H,62,84)(H,63,88)(H,64,89)(H,66,86)(H,67,87)(H,68,90)(H,69,91). The summed E-state index contributed by atoms with van der Waals surface area (Å²) in [5, 5.41) is 189. The number of carbonyl (C=O) groups excluding carboxylic acids is 10. The molecular formula is C57H100N12O26. The highest BCUT2D eigenvalue weighted by Gasteiger charge is 2.52. The third-order valence-corrected chi connectivity index (χ3v) is 17.5. The molecule has 0 aliphatic heterocycles. The Balaban J connectivity index is 1.57. The van der Waals surface area contributed by atoms with Crippen molar-refractivity contribution in [2.24, 2.45) is 11.6 Å². The van der Waals surface area contributed by atoms with Crippen LogP contribution in [0.4, 0.5) is 0 Å². The summed E-state index contributed by atoms with van der Waals surface area (Å²) in [5.41, 5.74) is -2.15. The quantitative estimate of drug-likeness (QED) is 0.0156. The van der Waals surface area contributed by atoms with Crippen LogP contribution in [-0.2, 0) is 47.9 Å². The average Bonchev–Trinajstić information content (AvgIpc) is 0.821. The maximum Gasteiger partial charge on any atom is 0.252 e. The summed E-state index contributed by atoms with van der Waals surface area (Å²) in [6.45, 7) is -0.942. The van der Waals surface area contributed by atoms with Crippen LogP contribution in [0.15, 0.2) is 0 Å². The van der Waals surface area contributed by atoms with Gasteiger partial charge in [-0.15, -0.1) is 0 Å². The van der Waals surface area contributed by atoms with E-state index in [9.17, 15) is 130 Å². The summed E-state index contributed by atoms with van der Waals surface area (Å²) < 4.78 is 0. The third kappa shape index (κ3) is 24.5. The second kappa shape index (κ2) is 37.6. The maximum atomic E-state index is 14.6. The number of rotatable bonds is 37. The fourth-order valence-electron chi connectivity index (χ4n) is 11.8. The lowest BCUT2D eigenvalue weighted by Gasteiger charge is -2.39. The van der Waals surface area contributed by atoms with Gasteiger partial charge in [0, 0.05) is 90.5 Å². The Morgan fingerprint density at radius 3 is 0.895 bits per heavy atom. The average molecular weight is 1370 g/mol. The van der Waals surface area contributed by atoms with Crippen molar-refractivity contribution in [1.29, 1.82) is 0 Å². The van der Waals surface area contributed by atoms with E-state index in [1.54, 1.807) is 0 Å². The molecule has 4 rings (SSSR count). The molecule has 12 unspecified atom stereocenters. The molecule has 30 N–H and O–H groups in total. The molecule has 4 aliphatic carbocycles. The predicted octanol–water partition coefficient (Wildman–Crippen LogP) is -13.0. The van der Waals surface area contributed by atoms with Crippen molar-refractivity contribution in [3.8, 4) is 0 Å². The van der Waals surface area contributed by atoms with Crippen LogP contribution in [0.1, 0.15) is 135 Å². The van der Waals surface area contributed by atoms with Crippen molar-refractivity contribution in [1.82, 2.24) is 53.3 Å². The smallest absolute Gasteiger partial charge is 0.252 e. The van der Waals surface area contributed by atoms with Crippen LogP contribution < -0.4 is 64.9 Å². The third-order valence-electron chi connectivity index (χ3n) is 17.5. The number of hydrogen-bond acceptors (Lipinski definition) is 28. The van der Waals surface area contributed by atoms with E-state index in [-0.39, 0.29) is 123 Å². The summed E-state index contributed by atoms with van der Waals surface area (Å²) in [6, 6.07) is -6.19. The van der Waals surface area contributed by atoms with Crippen molar-refractivity contribution in [3.63, 3.8) is 0 Å². The topological polar surface area (TPSA) is 667 Å². The molecule has 0 saturated heterocycles. The minimum Gasteiger partial charge on any atom is -0.390 e. The van der Waals surface area contributed by atoms with Crippen LogP contribution in [0.25, 0.3) is 0 Å². The van der Waals surface area contributed by atoms with Gasteiger partial charge < -0.3 is 135 Å². The molecule has 0 aromatic heterocycles. The molecule has 10 amide bonds. The number of unbranched alkanes of at least 4 members (excludes halogenated alkanes) is 4. The summed E-state index contributed by atoms with van der Waals surface area (Å²) in [6.07, 6.45) is -26.7. The second-order valence-corrected chi connectivity index (χ2v) is 25.5. The summed E-state index contributed by atoms with van der Waals surface area (Å²) in [4.78, 5) is 134. The van der Waals surface area contributed by atoms with Gasteiger partial charge in [0.2, 0.25) is 35.4 Å². The lowest BCUT2D eigenvalue weighted by molar-refractivity contribution is -0.173. The normalized spacial score (nSPS) is 32.0. The van der Waals surface area contributed by atoms with E-state index in [1.165, 1.54) is 0 Å². The van der Waals surface area contributed by atoms with E-state index >= 15 is 0 Å². The van der Waals surface area contributed by atoms with E-state index in [1.807, 2.05) is 0 Å². The monoisotopic (exact) mass is 1370 g/mol. The van der Waals surface area contributed by atoms with Crippen molar-refractivity contribution in [2.45, 2.75) is 255 Å². The SMILES string of the molecule is NNCC(=O)NCCCCC(NC(=O)C(CCCCNC(=O)C(CCCCNC(=O)C1(O)CC(O)C(O)C(O)C1)NC(=O)C1(O)CC(O)C(O)C(O)C1)NC(=O)C(CCCCNC(=O)C1(O)CC(O)C(O)C(O)C1)NC(=O)C1(O)CC(O)C(O)C(O)C1)C(=O)NCCC(N)=O. The fraction of sp³-hybridized carbons (Fsp3) is 0.825. The van der Waals surface area contributed by atoms with E-state index in [0.29, 0.717) is 0 Å². The highest BCUT2D eigenvalue weighted by atomic mass is 16.4. The van der Waals surface area contributed by atoms with Gasteiger partial charge in [0.1, 0.15) is 71.0 Å². The van der Waals surface area contributed by atoms with Gasteiger partial charge >= 0.3 is 0 Å². The number of carbonyl (C=O) groups is 10. The van der Waals surface area contributed by atoms with Gasteiger partial charge in [-0.1, -0.05) is 0 Å². The Morgan fingerprint density at radius 1 is 0.337 bits per heavy atom. The first kappa shape index (κ1) is 81.4. The molecule has 38 heteroatoms. The Labute approximate surface area is 546 Å². The molecular weight excluding hydrogens is 1270 g/mol. The number of amides is 10. The van der Waals surface area contributed by atoms with Gasteiger partial charge in [-0.3, -0.25) is 59.2 Å². The van der Waals surface area contributed by atoms with E-state index in [0.717, 1.165) is 0 Å². The van der Waals surface area contributed by atoms with Gasteiger partial charge in [0.15, 0.2) is 0 Å². The highest BCUT2D eigenvalue weighted by molar-refractivity contribution is 5.96. The minimum absolute atomic E-state index is 0.00398. The zero-order valence-electron chi connectivity index (χ0n) is 52.7. The molecule has 0 aromatic carbocycles. The molecule has 0 radical (unpaired) electrons. The van der Waals surface area contributed by atoms with Crippen molar-refractivity contribution >= 4 is 59.1 Å². The Bertz CT molecular complexity index is 2530. The molecule has 4 aliphatic rings. The van der Waals surface area contributed by atoms with E-state index in [2.05, 4.69) is 53.3 Å². The second-order valence-electron chi connectivity index (χ2n) is 25.5. The number of hydrazine groups is 1. The number of hydrogen-bond donors (Lipinski definition) is 28.